The van der Waals surface area contributed by atoms with E-state index in [0.717, 1.165) is 43.9 Å². The number of hydrogen-bond donors (Lipinski definition) is 1. The molecule has 2 aliphatic rings. The molecule has 6 heteroatoms. The Balaban J connectivity index is 1.39. The maximum absolute atomic E-state index is 12.7. The molecule has 0 spiro atoms. The van der Waals surface area contributed by atoms with Gasteiger partial charge >= 0.3 is 0 Å². The largest absolute Gasteiger partial charge is 0.335 e. The third kappa shape index (κ3) is 3.03. The van der Waals surface area contributed by atoms with Crippen molar-refractivity contribution in [2.24, 2.45) is 0 Å². The summed E-state index contributed by atoms with van der Waals surface area (Å²) in [7, 11) is 0. The van der Waals surface area contributed by atoms with Crippen molar-refractivity contribution in [3.63, 3.8) is 0 Å². The van der Waals surface area contributed by atoms with Gasteiger partial charge in [-0.2, -0.15) is 5.26 Å². The predicted molar refractivity (Wildman–Crippen MR) is 94.1 cm³/mol. The van der Waals surface area contributed by atoms with E-state index in [-0.39, 0.29) is 11.9 Å². The van der Waals surface area contributed by atoms with E-state index < -0.39 is 0 Å². The number of hydrogen-bond acceptors (Lipinski definition) is 4. The van der Waals surface area contributed by atoms with Crippen LogP contribution in [0, 0.1) is 11.3 Å². The number of nitrogens with one attached hydrogen (secondary N) is 1. The molecule has 2 aliphatic heterocycles. The zero-order chi connectivity index (χ0) is 17.2. The molecule has 128 valence electrons. The molecule has 1 amide bonds. The molecular weight excluding hydrogens is 314 g/mol. The van der Waals surface area contributed by atoms with Gasteiger partial charge in [0.25, 0.3) is 0 Å². The van der Waals surface area contributed by atoms with Crippen LogP contribution in [-0.4, -0.2) is 34.6 Å². The van der Waals surface area contributed by atoms with Gasteiger partial charge in [-0.3, -0.25) is 4.79 Å². The molecule has 2 atom stereocenters. The molecule has 0 saturated carbocycles. The van der Waals surface area contributed by atoms with E-state index in [4.69, 9.17) is 5.26 Å². The van der Waals surface area contributed by atoms with Crippen LogP contribution in [0.4, 0.5) is 5.69 Å². The van der Waals surface area contributed by atoms with E-state index in [1.807, 2.05) is 24.5 Å². The van der Waals surface area contributed by atoms with Gasteiger partial charge in [-0.15, -0.1) is 0 Å². The van der Waals surface area contributed by atoms with Crippen LogP contribution in [0.2, 0.25) is 0 Å². The van der Waals surface area contributed by atoms with Gasteiger partial charge < -0.3 is 14.8 Å². The number of nitrogens with zero attached hydrogens (tertiary/aromatic N) is 4. The molecule has 1 aromatic heterocycles. The van der Waals surface area contributed by atoms with Crippen molar-refractivity contribution in [3.05, 3.63) is 48.0 Å². The molecule has 2 aromatic rings. The maximum Gasteiger partial charge on any atom is 0.244 e. The van der Waals surface area contributed by atoms with Crippen LogP contribution in [0.25, 0.3) is 0 Å². The zero-order valence-electron chi connectivity index (χ0n) is 14.1. The lowest BCUT2D eigenvalue weighted by Gasteiger charge is -2.25. The van der Waals surface area contributed by atoms with Crippen molar-refractivity contribution in [3.8, 4) is 6.07 Å². The summed E-state index contributed by atoms with van der Waals surface area (Å²) < 4.78 is 2.22. The van der Waals surface area contributed by atoms with Gasteiger partial charge in [0, 0.05) is 43.6 Å². The van der Waals surface area contributed by atoms with E-state index in [1.165, 1.54) is 0 Å². The Labute approximate surface area is 147 Å². The van der Waals surface area contributed by atoms with Gasteiger partial charge in [-0.1, -0.05) is 0 Å². The summed E-state index contributed by atoms with van der Waals surface area (Å²) >= 11 is 0. The number of carbonyl (C=O) groups is 1. The third-order valence-corrected chi connectivity index (χ3v) is 5.19. The highest BCUT2D eigenvalue weighted by Gasteiger charge is 2.33. The monoisotopic (exact) mass is 335 g/mol. The summed E-state index contributed by atoms with van der Waals surface area (Å²) in [5.41, 5.74) is 1.47. The van der Waals surface area contributed by atoms with Crippen LogP contribution in [-0.2, 0) is 11.3 Å². The molecule has 25 heavy (non-hydrogen) atoms. The third-order valence-electron chi connectivity index (χ3n) is 5.19. The first-order valence-corrected chi connectivity index (χ1v) is 8.82. The minimum Gasteiger partial charge on any atom is -0.335 e. The van der Waals surface area contributed by atoms with E-state index >= 15 is 0 Å². The first-order chi connectivity index (χ1) is 12.3. The molecule has 3 heterocycles. The number of amides is 1. The van der Waals surface area contributed by atoms with Crippen molar-refractivity contribution in [2.75, 3.05) is 18.0 Å². The van der Waals surface area contributed by atoms with Crippen molar-refractivity contribution in [1.29, 1.82) is 5.26 Å². The maximum atomic E-state index is 12.7. The lowest BCUT2D eigenvalue weighted by atomic mass is 9.98. The topological polar surface area (TPSA) is 74.0 Å². The second kappa shape index (κ2) is 6.69. The van der Waals surface area contributed by atoms with Gasteiger partial charge in [0.2, 0.25) is 5.91 Å². The molecule has 0 radical (unpaired) electrons. The Morgan fingerprint density at radius 3 is 2.88 bits per heavy atom. The summed E-state index contributed by atoms with van der Waals surface area (Å²) in [5, 5.41) is 12.3. The van der Waals surface area contributed by atoms with Crippen LogP contribution in [0.15, 0.2) is 36.7 Å². The van der Waals surface area contributed by atoms with E-state index in [9.17, 15) is 4.79 Å². The Morgan fingerprint density at radius 2 is 2.08 bits per heavy atom. The van der Waals surface area contributed by atoms with Crippen LogP contribution >= 0.6 is 0 Å². The lowest BCUT2D eigenvalue weighted by molar-refractivity contribution is -0.118. The van der Waals surface area contributed by atoms with Gasteiger partial charge in [0.05, 0.1) is 17.7 Å². The first kappa shape index (κ1) is 15.9. The number of carbonyl (C=O) groups excluding carboxylic acids is 1. The Hall–Kier alpha value is -2.65. The minimum atomic E-state index is -0.138. The van der Waals surface area contributed by atoms with Crippen LogP contribution < -0.4 is 10.2 Å². The standard InChI is InChI=1S/C19H21N5O/c20-12-14-3-5-16(6-4-14)24-10-7-17(19(24)25)22-13-15-2-1-9-23-11-8-21-18(15)23/h3-6,8,11,15,17,22H,1-2,7,9-10,13H2/t15-,17+/m0/s1. The van der Waals surface area contributed by atoms with Crippen molar-refractivity contribution in [1.82, 2.24) is 14.9 Å². The molecule has 6 nitrogen and oxygen atoms in total. The first-order valence-electron chi connectivity index (χ1n) is 8.82. The number of benzene rings is 1. The molecule has 1 fully saturated rings. The van der Waals surface area contributed by atoms with Crippen molar-refractivity contribution in [2.45, 2.75) is 37.8 Å². The van der Waals surface area contributed by atoms with Gasteiger partial charge in [-0.25, -0.2) is 4.98 Å². The second-order valence-corrected chi connectivity index (χ2v) is 6.72. The fourth-order valence-electron chi connectivity index (χ4n) is 3.83. The highest BCUT2D eigenvalue weighted by Crippen LogP contribution is 2.26. The van der Waals surface area contributed by atoms with Crippen molar-refractivity contribution < 1.29 is 4.79 Å². The number of anilines is 1. The molecule has 4 rings (SSSR count). The number of rotatable bonds is 4. The molecular formula is C19H21N5O. The lowest BCUT2D eigenvalue weighted by Crippen LogP contribution is -2.40. The molecule has 0 bridgehead atoms. The van der Waals surface area contributed by atoms with Crippen LogP contribution in [0.5, 0.6) is 0 Å². The average Bonchev–Trinajstić information content (AvgIpc) is 3.27. The summed E-state index contributed by atoms with van der Waals surface area (Å²) in [5.74, 6) is 1.62. The smallest absolute Gasteiger partial charge is 0.244 e. The minimum absolute atomic E-state index is 0.115. The molecule has 0 unspecified atom stereocenters. The number of fused-ring (bicyclic) bond motifs is 1. The number of aryl methyl sites for hydroxylation is 1. The Kier molecular flexibility index (Phi) is 4.24. The predicted octanol–water partition coefficient (Wildman–Crippen LogP) is 2.03. The van der Waals surface area contributed by atoms with Crippen LogP contribution in [0.3, 0.4) is 0 Å². The van der Waals surface area contributed by atoms with Crippen molar-refractivity contribution >= 4 is 11.6 Å². The second-order valence-electron chi connectivity index (χ2n) is 6.72. The quantitative estimate of drug-likeness (QED) is 0.928. The molecule has 1 aromatic carbocycles. The van der Waals surface area contributed by atoms with Gasteiger partial charge in [0.1, 0.15) is 5.82 Å². The zero-order valence-corrected chi connectivity index (χ0v) is 14.1. The van der Waals surface area contributed by atoms with E-state index in [1.54, 1.807) is 17.0 Å². The van der Waals surface area contributed by atoms with E-state index in [0.29, 0.717) is 18.0 Å². The Bertz CT molecular complexity index is 804. The highest BCUT2D eigenvalue weighted by molar-refractivity contribution is 5.99. The SMILES string of the molecule is N#Cc1ccc(N2CC[C@@H](NC[C@@H]3CCCn4ccnc43)C2=O)cc1. The highest BCUT2D eigenvalue weighted by atomic mass is 16.2. The van der Waals surface area contributed by atoms with Gasteiger partial charge in [0.15, 0.2) is 0 Å². The molecule has 1 saturated heterocycles. The summed E-state index contributed by atoms with van der Waals surface area (Å²) in [6, 6.07) is 9.16. The fraction of sp³-hybridized carbons (Fsp3) is 0.421. The average molecular weight is 335 g/mol. The molecule has 1 N–H and O–H groups in total. The summed E-state index contributed by atoms with van der Waals surface area (Å²) in [4.78, 5) is 19.0. The normalized spacial score (nSPS) is 22.7. The number of aromatic nitrogens is 2. The summed E-state index contributed by atoms with van der Waals surface area (Å²) in [6.07, 6.45) is 6.98. The van der Waals surface area contributed by atoms with E-state index in [2.05, 4.69) is 20.9 Å². The molecule has 0 aliphatic carbocycles. The summed E-state index contributed by atoms with van der Waals surface area (Å²) in [6.45, 7) is 2.54. The number of nitriles is 1. The fourth-order valence-corrected chi connectivity index (χ4v) is 3.83. The van der Waals surface area contributed by atoms with Gasteiger partial charge in [-0.05, 0) is 43.5 Å². The number of imidazole rings is 1. The van der Waals surface area contributed by atoms with Crippen LogP contribution in [0.1, 0.15) is 36.6 Å². The Morgan fingerprint density at radius 1 is 1.24 bits per heavy atom.